The number of carbonyl (C=O) groups excluding carboxylic acids is 1. The number of esters is 1. The first-order valence-electron chi connectivity index (χ1n) is 6.10. The van der Waals surface area contributed by atoms with E-state index in [4.69, 9.17) is 0 Å². The van der Waals surface area contributed by atoms with Gasteiger partial charge in [-0.1, -0.05) is 13.8 Å². The maximum absolute atomic E-state index is 14.0. The molecule has 0 aliphatic heterocycles. The smallest absolute Gasteiger partial charge is 0.342 e. The summed E-state index contributed by atoms with van der Waals surface area (Å²) in [6, 6.07) is -0.816. The SMILES string of the molecule is CCOC(=O)C(F)[C@@H](N[S@@](=O)C(C)(C)C)C(C)C. The quantitative estimate of drug-likeness (QED) is 0.757. The summed E-state index contributed by atoms with van der Waals surface area (Å²) in [5, 5.41) is 0. The van der Waals surface area contributed by atoms with Gasteiger partial charge in [0.25, 0.3) is 0 Å². The second-order valence-corrected chi connectivity index (χ2v) is 7.42. The maximum atomic E-state index is 14.0. The van der Waals surface area contributed by atoms with Crippen LogP contribution in [0.25, 0.3) is 0 Å². The van der Waals surface area contributed by atoms with Crippen molar-refractivity contribution < 1.29 is 18.1 Å². The van der Waals surface area contributed by atoms with Gasteiger partial charge in [0.2, 0.25) is 6.17 Å². The van der Waals surface area contributed by atoms with Crippen LogP contribution in [0.2, 0.25) is 0 Å². The van der Waals surface area contributed by atoms with Crippen LogP contribution >= 0.6 is 0 Å². The van der Waals surface area contributed by atoms with Crippen molar-refractivity contribution >= 4 is 17.0 Å². The van der Waals surface area contributed by atoms with Crippen molar-refractivity contribution in [2.75, 3.05) is 6.61 Å². The molecule has 0 spiro atoms. The molecule has 0 saturated heterocycles. The summed E-state index contributed by atoms with van der Waals surface area (Å²) in [6.07, 6.45) is -1.81. The molecule has 1 unspecified atom stereocenters. The standard InChI is InChI=1S/C12H24FNO3S/c1-7-17-11(15)9(13)10(8(2)3)14-18(16)12(4,5)6/h8-10,14H,7H2,1-6H3/t9?,10-,18-/m0/s1. The molecule has 0 bridgehead atoms. The first-order valence-corrected chi connectivity index (χ1v) is 7.25. The summed E-state index contributed by atoms with van der Waals surface area (Å²) in [7, 11) is -1.43. The molecule has 0 rings (SSSR count). The Bertz CT molecular complexity index is 302. The Balaban J connectivity index is 4.78. The third kappa shape index (κ3) is 5.44. The zero-order valence-electron chi connectivity index (χ0n) is 12.0. The third-order valence-corrected chi connectivity index (χ3v) is 3.94. The minimum atomic E-state index is -1.81. The normalized spacial score (nSPS) is 17.3. The number of alkyl halides is 1. The fourth-order valence-electron chi connectivity index (χ4n) is 1.20. The van der Waals surface area contributed by atoms with Crippen LogP contribution in [0.4, 0.5) is 4.39 Å². The van der Waals surface area contributed by atoms with Gasteiger partial charge in [0.15, 0.2) is 0 Å². The van der Waals surface area contributed by atoms with E-state index < -0.39 is 33.9 Å². The number of ether oxygens (including phenoxy) is 1. The fraction of sp³-hybridized carbons (Fsp3) is 0.917. The first-order chi connectivity index (χ1) is 8.11. The molecule has 0 aliphatic carbocycles. The monoisotopic (exact) mass is 281 g/mol. The predicted octanol–water partition coefficient (Wildman–Crippen LogP) is 1.96. The molecule has 108 valence electrons. The molecule has 0 aromatic rings. The minimum absolute atomic E-state index is 0.131. The fourth-order valence-corrected chi connectivity index (χ4v) is 2.19. The molecular weight excluding hydrogens is 257 g/mol. The van der Waals surface area contributed by atoms with E-state index in [1.54, 1.807) is 41.5 Å². The van der Waals surface area contributed by atoms with Gasteiger partial charge >= 0.3 is 5.97 Å². The lowest BCUT2D eigenvalue weighted by molar-refractivity contribution is -0.150. The van der Waals surface area contributed by atoms with E-state index in [0.29, 0.717) is 0 Å². The van der Waals surface area contributed by atoms with Crippen LogP contribution in [0.3, 0.4) is 0 Å². The van der Waals surface area contributed by atoms with Crippen LogP contribution in [0.1, 0.15) is 41.5 Å². The molecule has 0 heterocycles. The number of carbonyl (C=O) groups is 1. The largest absolute Gasteiger partial charge is 0.464 e. The Morgan fingerprint density at radius 3 is 2.22 bits per heavy atom. The Hall–Kier alpha value is -0.490. The Morgan fingerprint density at radius 2 is 1.89 bits per heavy atom. The maximum Gasteiger partial charge on any atom is 0.342 e. The topological polar surface area (TPSA) is 55.4 Å². The molecule has 0 aliphatic rings. The average Bonchev–Trinajstić information content (AvgIpc) is 2.23. The third-order valence-electron chi connectivity index (χ3n) is 2.34. The van der Waals surface area contributed by atoms with Crippen molar-refractivity contribution in [3.8, 4) is 0 Å². The van der Waals surface area contributed by atoms with Crippen molar-refractivity contribution in [3.63, 3.8) is 0 Å². The molecule has 4 nitrogen and oxygen atoms in total. The highest BCUT2D eigenvalue weighted by Crippen LogP contribution is 2.16. The van der Waals surface area contributed by atoms with Gasteiger partial charge in [-0.25, -0.2) is 18.1 Å². The van der Waals surface area contributed by atoms with Gasteiger partial charge < -0.3 is 4.74 Å². The Kier molecular flexibility index (Phi) is 6.99. The van der Waals surface area contributed by atoms with Gasteiger partial charge in [-0.3, -0.25) is 0 Å². The summed E-state index contributed by atoms with van der Waals surface area (Å²) in [5.74, 6) is -1.08. The lowest BCUT2D eigenvalue weighted by Crippen LogP contribution is -2.50. The molecular formula is C12H24FNO3S. The van der Waals surface area contributed by atoms with E-state index in [1.165, 1.54) is 0 Å². The van der Waals surface area contributed by atoms with Crippen LogP contribution in [-0.2, 0) is 20.5 Å². The molecule has 0 saturated carbocycles. The number of hydrogen-bond donors (Lipinski definition) is 1. The van der Waals surface area contributed by atoms with Crippen LogP contribution in [0.15, 0.2) is 0 Å². The van der Waals surface area contributed by atoms with Crippen LogP contribution in [-0.4, -0.2) is 33.7 Å². The molecule has 0 radical (unpaired) electrons. The number of nitrogens with one attached hydrogen (secondary N) is 1. The van der Waals surface area contributed by atoms with Crippen molar-refractivity contribution in [3.05, 3.63) is 0 Å². The van der Waals surface area contributed by atoms with Gasteiger partial charge in [-0.15, -0.1) is 0 Å². The second-order valence-electron chi connectivity index (χ2n) is 5.42. The summed E-state index contributed by atoms with van der Waals surface area (Å²) in [6.45, 7) is 10.6. The number of hydrogen-bond acceptors (Lipinski definition) is 3. The lowest BCUT2D eigenvalue weighted by Gasteiger charge is -2.28. The van der Waals surface area contributed by atoms with Crippen molar-refractivity contribution in [1.82, 2.24) is 4.72 Å². The van der Waals surface area contributed by atoms with E-state index in [-0.39, 0.29) is 12.5 Å². The molecule has 3 atom stereocenters. The van der Waals surface area contributed by atoms with Crippen LogP contribution < -0.4 is 4.72 Å². The van der Waals surface area contributed by atoms with Crippen LogP contribution in [0, 0.1) is 5.92 Å². The Labute approximate surface area is 111 Å². The summed E-state index contributed by atoms with van der Waals surface area (Å²) >= 11 is 0. The van der Waals surface area contributed by atoms with Gasteiger partial charge in [0.1, 0.15) is 0 Å². The summed E-state index contributed by atoms with van der Waals surface area (Å²) < 4.78 is 32.7. The van der Waals surface area contributed by atoms with E-state index in [1.807, 2.05) is 0 Å². The van der Waals surface area contributed by atoms with Gasteiger partial charge in [0, 0.05) is 0 Å². The Morgan fingerprint density at radius 1 is 1.39 bits per heavy atom. The molecule has 0 aromatic heterocycles. The zero-order chi connectivity index (χ0) is 14.5. The van der Waals surface area contributed by atoms with Crippen molar-refractivity contribution in [1.29, 1.82) is 0 Å². The zero-order valence-corrected chi connectivity index (χ0v) is 12.8. The van der Waals surface area contributed by atoms with Crippen LogP contribution in [0.5, 0.6) is 0 Å². The number of halogens is 1. The van der Waals surface area contributed by atoms with E-state index in [9.17, 15) is 13.4 Å². The number of rotatable bonds is 6. The average molecular weight is 281 g/mol. The van der Waals surface area contributed by atoms with E-state index in [0.717, 1.165) is 0 Å². The van der Waals surface area contributed by atoms with E-state index >= 15 is 0 Å². The predicted molar refractivity (Wildman–Crippen MR) is 71.2 cm³/mol. The van der Waals surface area contributed by atoms with Gasteiger partial charge in [-0.05, 0) is 33.6 Å². The van der Waals surface area contributed by atoms with Gasteiger partial charge in [-0.2, -0.15) is 0 Å². The molecule has 1 N–H and O–H groups in total. The summed E-state index contributed by atoms with van der Waals surface area (Å²) in [4.78, 5) is 11.4. The van der Waals surface area contributed by atoms with Crippen molar-refractivity contribution in [2.45, 2.75) is 58.5 Å². The lowest BCUT2D eigenvalue weighted by atomic mass is 10.0. The second kappa shape index (κ2) is 7.19. The van der Waals surface area contributed by atoms with Gasteiger partial charge in [0.05, 0.1) is 28.4 Å². The highest BCUT2D eigenvalue weighted by atomic mass is 32.2. The molecule has 6 heteroatoms. The van der Waals surface area contributed by atoms with E-state index in [2.05, 4.69) is 9.46 Å². The first kappa shape index (κ1) is 17.5. The molecule has 0 amide bonds. The van der Waals surface area contributed by atoms with Crippen molar-refractivity contribution in [2.24, 2.45) is 5.92 Å². The minimum Gasteiger partial charge on any atom is -0.464 e. The highest BCUT2D eigenvalue weighted by molar-refractivity contribution is 7.84. The summed E-state index contributed by atoms with van der Waals surface area (Å²) in [5.41, 5.74) is 0. The molecule has 18 heavy (non-hydrogen) atoms. The molecule has 0 fully saturated rings. The molecule has 0 aromatic carbocycles. The highest BCUT2D eigenvalue weighted by Gasteiger charge is 2.35.